The van der Waals surface area contributed by atoms with E-state index in [2.05, 4.69) is 64.0 Å². The van der Waals surface area contributed by atoms with Gasteiger partial charge in [-0.2, -0.15) is 5.10 Å². The predicted octanol–water partition coefficient (Wildman–Crippen LogP) is 4.55. The molecule has 6 nitrogen and oxygen atoms in total. The summed E-state index contributed by atoms with van der Waals surface area (Å²) in [5, 5.41) is 11.0. The first-order valence-corrected chi connectivity index (χ1v) is 10.3. The van der Waals surface area contributed by atoms with Crippen LogP contribution in [0.5, 0.6) is 0 Å². The highest BCUT2D eigenvalue weighted by atomic mass is 35.5. The summed E-state index contributed by atoms with van der Waals surface area (Å²) in [5.74, 6) is -0.184. The average molecular weight is 432 g/mol. The molecule has 1 aromatic heterocycles. The topological polar surface area (TPSA) is 71.8 Å². The number of halogens is 1. The summed E-state index contributed by atoms with van der Waals surface area (Å²) in [6.45, 7) is 2.18. The van der Waals surface area contributed by atoms with E-state index in [-0.39, 0.29) is 18.5 Å². The molecular formula is C24H22ClN5O. The molecule has 0 aliphatic carbocycles. The van der Waals surface area contributed by atoms with Gasteiger partial charge in [-0.05, 0) is 36.2 Å². The first-order chi connectivity index (χ1) is 15.1. The summed E-state index contributed by atoms with van der Waals surface area (Å²) in [5.41, 5.74) is 4.63. The second-order valence-corrected chi connectivity index (χ2v) is 7.62. The molecule has 4 aromatic rings. The summed E-state index contributed by atoms with van der Waals surface area (Å²) >= 11 is 6.15. The number of hydrogen-bond donors (Lipinski definition) is 2. The molecule has 4 rings (SSSR count). The minimum absolute atomic E-state index is 0.110. The van der Waals surface area contributed by atoms with Gasteiger partial charge in [0.2, 0.25) is 5.91 Å². The van der Waals surface area contributed by atoms with Gasteiger partial charge in [-0.15, -0.1) is 0 Å². The van der Waals surface area contributed by atoms with Crippen molar-refractivity contribution in [2.75, 3.05) is 11.9 Å². The molecule has 7 heteroatoms. The van der Waals surface area contributed by atoms with Crippen LogP contribution in [0.2, 0.25) is 5.02 Å². The Morgan fingerprint density at radius 2 is 1.77 bits per heavy atom. The highest BCUT2D eigenvalue weighted by Gasteiger charge is 2.16. The minimum Gasteiger partial charge on any atom is -0.323 e. The molecule has 2 N–H and O–H groups in total. The summed E-state index contributed by atoms with van der Waals surface area (Å²) in [4.78, 5) is 16.8. The Labute approximate surface area is 185 Å². The summed E-state index contributed by atoms with van der Waals surface area (Å²) in [6.07, 6.45) is 3.01. The van der Waals surface area contributed by atoms with E-state index in [1.54, 1.807) is 29.2 Å². The van der Waals surface area contributed by atoms with Crippen LogP contribution < -0.4 is 10.6 Å². The number of anilines is 1. The van der Waals surface area contributed by atoms with Crippen molar-refractivity contribution in [2.24, 2.45) is 0 Å². The third kappa shape index (κ3) is 5.17. The zero-order valence-corrected chi connectivity index (χ0v) is 17.8. The molecule has 0 aliphatic rings. The van der Waals surface area contributed by atoms with Crippen molar-refractivity contribution in [1.29, 1.82) is 0 Å². The Balaban J connectivity index is 1.51. The zero-order chi connectivity index (χ0) is 21.6. The molecule has 31 heavy (non-hydrogen) atoms. The van der Waals surface area contributed by atoms with Gasteiger partial charge in [0, 0.05) is 5.02 Å². The third-order valence-electron chi connectivity index (χ3n) is 4.91. The van der Waals surface area contributed by atoms with Crippen molar-refractivity contribution in [3.8, 4) is 5.69 Å². The van der Waals surface area contributed by atoms with Crippen molar-refractivity contribution < 1.29 is 4.79 Å². The van der Waals surface area contributed by atoms with Gasteiger partial charge in [-0.1, -0.05) is 71.8 Å². The largest absolute Gasteiger partial charge is 0.323 e. The average Bonchev–Trinajstić information content (AvgIpc) is 3.31. The van der Waals surface area contributed by atoms with Crippen LogP contribution in [0, 0.1) is 6.92 Å². The van der Waals surface area contributed by atoms with Gasteiger partial charge in [0.05, 0.1) is 24.0 Å². The smallest absolute Gasteiger partial charge is 0.238 e. The maximum atomic E-state index is 12.8. The fourth-order valence-corrected chi connectivity index (χ4v) is 3.53. The first-order valence-electron chi connectivity index (χ1n) is 9.89. The van der Waals surface area contributed by atoms with Gasteiger partial charge < -0.3 is 5.32 Å². The molecule has 0 bridgehead atoms. The van der Waals surface area contributed by atoms with E-state index in [0.717, 1.165) is 11.1 Å². The number of benzene rings is 3. The van der Waals surface area contributed by atoms with Crippen LogP contribution in [-0.2, 0) is 4.79 Å². The molecule has 0 radical (unpaired) electrons. The Morgan fingerprint density at radius 3 is 2.48 bits per heavy atom. The van der Waals surface area contributed by atoms with Gasteiger partial charge >= 0.3 is 0 Å². The summed E-state index contributed by atoms with van der Waals surface area (Å²) in [7, 11) is 0. The number of carbonyl (C=O) groups is 1. The standard InChI is InChI=1S/C24H22ClN5O/c1-17-7-9-19(10-8-17)24(18-5-3-2-4-6-18)27-14-23(31)29-21-13-20(25)11-12-22(21)30-16-26-15-28-30/h2-13,15-16,24,27H,14H2,1H3,(H,29,31). The van der Waals surface area contributed by atoms with Gasteiger partial charge in [-0.3, -0.25) is 10.1 Å². The molecule has 0 fully saturated rings. The van der Waals surface area contributed by atoms with Crippen LogP contribution in [0.3, 0.4) is 0 Å². The van der Waals surface area contributed by atoms with Crippen molar-refractivity contribution in [2.45, 2.75) is 13.0 Å². The maximum Gasteiger partial charge on any atom is 0.238 e. The lowest BCUT2D eigenvalue weighted by atomic mass is 9.98. The number of aryl methyl sites for hydroxylation is 1. The van der Waals surface area contributed by atoms with E-state index in [0.29, 0.717) is 16.4 Å². The van der Waals surface area contributed by atoms with E-state index in [9.17, 15) is 4.79 Å². The molecule has 1 heterocycles. The molecule has 3 aromatic carbocycles. The number of amides is 1. The van der Waals surface area contributed by atoms with Crippen LogP contribution in [-0.4, -0.2) is 27.2 Å². The second-order valence-electron chi connectivity index (χ2n) is 7.18. The lowest BCUT2D eigenvalue weighted by Crippen LogP contribution is -2.32. The second kappa shape index (κ2) is 9.55. The number of carbonyl (C=O) groups excluding carboxylic acids is 1. The Kier molecular flexibility index (Phi) is 6.40. The van der Waals surface area contributed by atoms with Gasteiger partial charge in [-0.25, -0.2) is 9.67 Å². The van der Waals surface area contributed by atoms with Gasteiger partial charge in [0.25, 0.3) is 0 Å². The molecule has 1 unspecified atom stereocenters. The highest BCUT2D eigenvalue weighted by Crippen LogP contribution is 2.25. The quantitative estimate of drug-likeness (QED) is 0.450. The zero-order valence-electron chi connectivity index (χ0n) is 17.0. The Hall–Kier alpha value is -3.48. The Bertz CT molecular complexity index is 1140. The normalized spacial score (nSPS) is 11.8. The Morgan fingerprint density at radius 1 is 1.03 bits per heavy atom. The fraction of sp³-hybridized carbons (Fsp3) is 0.125. The molecule has 0 aliphatic heterocycles. The number of nitrogens with one attached hydrogen (secondary N) is 2. The number of hydrogen-bond acceptors (Lipinski definition) is 4. The summed E-state index contributed by atoms with van der Waals surface area (Å²) in [6, 6.07) is 23.5. The van der Waals surface area contributed by atoms with Crippen LogP contribution in [0.25, 0.3) is 5.69 Å². The number of aromatic nitrogens is 3. The van der Waals surface area contributed by atoms with E-state index in [1.807, 2.05) is 18.2 Å². The minimum atomic E-state index is -0.184. The van der Waals surface area contributed by atoms with E-state index >= 15 is 0 Å². The third-order valence-corrected chi connectivity index (χ3v) is 5.14. The first kappa shape index (κ1) is 20.8. The molecular weight excluding hydrogens is 410 g/mol. The molecule has 0 spiro atoms. The van der Waals surface area contributed by atoms with Crippen molar-refractivity contribution in [1.82, 2.24) is 20.1 Å². The molecule has 0 saturated heterocycles. The molecule has 156 valence electrons. The van der Waals surface area contributed by atoms with Gasteiger partial charge in [0.1, 0.15) is 12.7 Å². The monoisotopic (exact) mass is 431 g/mol. The lowest BCUT2D eigenvalue weighted by molar-refractivity contribution is -0.115. The maximum absolute atomic E-state index is 12.8. The van der Waals surface area contributed by atoms with Crippen molar-refractivity contribution in [3.05, 3.63) is 107 Å². The highest BCUT2D eigenvalue weighted by molar-refractivity contribution is 6.31. The van der Waals surface area contributed by atoms with Crippen LogP contribution in [0.4, 0.5) is 5.69 Å². The van der Waals surface area contributed by atoms with Crippen LogP contribution in [0.15, 0.2) is 85.5 Å². The lowest BCUT2D eigenvalue weighted by Gasteiger charge is -2.20. The van der Waals surface area contributed by atoms with E-state index in [1.165, 1.54) is 11.9 Å². The van der Waals surface area contributed by atoms with E-state index in [4.69, 9.17) is 11.6 Å². The van der Waals surface area contributed by atoms with E-state index < -0.39 is 0 Å². The predicted molar refractivity (Wildman–Crippen MR) is 122 cm³/mol. The van der Waals surface area contributed by atoms with Crippen LogP contribution >= 0.6 is 11.6 Å². The molecule has 0 saturated carbocycles. The number of rotatable bonds is 7. The molecule has 1 atom stereocenters. The van der Waals surface area contributed by atoms with Crippen LogP contribution in [0.1, 0.15) is 22.7 Å². The SMILES string of the molecule is Cc1ccc(C(NCC(=O)Nc2cc(Cl)ccc2-n2cncn2)c2ccccc2)cc1. The van der Waals surface area contributed by atoms with Crippen molar-refractivity contribution in [3.63, 3.8) is 0 Å². The summed E-state index contributed by atoms with van der Waals surface area (Å²) < 4.78 is 1.58. The molecule has 1 amide bonds. The fourth-order valence-electron chi connectivity index (χ4n) is 3.36. The van der Waals surface area contributed by atoms with Gasteiger partial charge in [0.15, 0.2) is 0 Å². The number of nitrogens with zero attached hydrogens (tertiary/aromatic N) is 3. The van der Waals surface area contributed by atoms with Crippen molar-refractivity contribution >= 4 is 23.2 Å².